The lowest BCUT2D eigenvalue weighted by molar-refractivity contribution is 0.570. The van der Waals surface area contributed by atoms with Crippen molar-refractivity contribution in [1.82, 2.24) is 5.32 Å². The second-order valence-corrected chi connectivity index (χ2v) is 5.96. The summed E-state index contributed by atoms with van der Waals surface area (Å²) in [5.41, 5.74) is 0.963. The molecule has 0 aliphatic heterocycles. The first-order valence-corrected chi connectivity index (χ1v) is 7.11. The molecule has 0 amide bonds. The SMILES string of the molecule is C=C/C(Cl)=C(CCNCC#CC(C)(C)C)\C(Cl)=C/C. The first-order valence-electron chi connectivity index (χ1n) is 6.36. The normalized spacial score (nSPS) is 13.5. The summed E-state index contributed by atoms with van der Waals surface area (Å²) < 4.78 is 0. The van der Waals surface area contributed by atoms with E-state index in [0.717, 1.165) is 18.5 Å². The van der Waals surface area contributed by atoms with Crippen LogP contribution in [0.4, 0.5) is 0 Å². The van der Waals surface area contributed by atoms with Crippen molar-refractivity contribution in [3.05, 3.63) is 34.4 Å². The van der Waals surface area contributed by atoms with Crippen LogP contribution in [0, 0.1) is 17.3 Å². The van der Waals surface area contributed by atoms with E-state index in [9.17, 15) is 0 Å². The van der Waals surface area contributed by atoms with Gasteiger partial charge in [0, 0.05) is 22.0 Å². The van der Waals surface area contributed by atoms with Crippen molar-refractivity contribution >= 4 is 23.2 Å². The fraction of sp³-hybridized carbons (Fsp3) is 0.500. The Balaban J connectivity index is 4.31. The molecule has 0 rings (SSSR count). The van der Waals surface area contributed by atoms with Crippen molar-refractivity contribution in [3.63, 3.8) is 0 Å². The zero-order valence-corrected chi connectivity index (χ0v) is 13.8. The number of hydrogen-bond acceptors (Lipinski definition) is 1. The molecule has 106 valence electrons. The summed E-state index contributed by atoms with van der Waals surface area (Å²) in [6, 6.07) is 0. The number of allylic oxidation sites excluding steroid dienone is 4. The van der Waals surface area contributed by atoms with Gasteiger partial charge in [0.1, 0.15) is 0 Å². The van der Waals surface area contributed by atoms with E-state index in [-0.39, 0.29) is 5.41 Å². The third-order valence-corrected chi connectivity index (χ3v) is 3.07. The van der Waals surface area contributed by atoms with E-state index in [1.807, 2.05) is 13.0 Å². The van der Waals surface area contributed by atoms with Gasteiger partial charge in [0.2, 0.25) is 0 Å². The largest absolute Gasteiger partial charge is 0.306 e. The van der Waals surface area contributed by atoms with E-state index in [2.05, 4.69) is 44.5 Å². The van der Waals surface area contributed by atoms with Crippen molar-refractivity contribution in [2.24, 2.45) is 5.41 Å². The minimum absolute atomic E-state index is 0.0488. The molecule has 0 radical (unpaired) electrons. The Bertz CT molecular complexity index is 414. The molecule has 1 N–H and O–H groups in total. The molecule has 1 nitrogen and oxygen atoms in total. The monoisotopic (exact) mass is 299 g/mol. The van der Waals surface area contributed by atoms with Crippen LogP contribution in [0.5, 0.6) is 0 Å². The third-order valence-electron chi connectivity index (χ3n) is 2.24. The highest BCUT2D eigenvalue weighted by molar-refractivity contribution is 6.36. The lowest BCUT2D eigenvalue weighted by Crippen LogP contribution is -2.16. The lowest BCUT2D eigenvalue weighted by Gasteiger charge is -2.09. The summed E-state index contributed by atoms with van der Waals surface area (Å²) >= 11 is 12.2. The Labute approximate surface area is 127 Å². The summed E-state index contributed by atoms with van der Waals surface area (Å²) in [6.07, 6.45) is 4.20. The molecule has 0 heterocycles. The minimum Gasteiger partial charge on any atom is -0.306 e. The minimum atomic E-state index is 0.0488. The predicted molar refractivity (Wildman–Crippen MR) is 87.4 cm³/mol. The molecular formula is C16H23Cl2N. The van der Waals surface area contributed by atoms with Gasteiger partial charge < -0.3 is 5.32 Å². The zero-order valence-electron chi connectivity index (χ0n) is 12.2. The molecule has 0 atom stereocenters. The fourth-order valence-corrected chi connectivity index (χ4v) is 1.76. The van der Waals surface area contributed by atoms with E-state index >= 15 is 0 Å². The second-order valence-electron chi connectivity index (χ2n) is 5.15. The molecule has 0 aromatic heterocycles. The van der Waals surface area contributed by atoms with Crippen LogP contribution < -0.4 is 5.32 Å². The smallest absolute Gasteiger partial charge is 0.0576 e. The van der Waals surface area contributed by atoms with Gasteiger partial charge in [0.05, 0.1) is 6.54 Å². The van der Waals surface area contributed by atoms with Gasteiger partial charge in [0.25, 0.3) is 0 Å². The third kappa shape index (κ3) is 8.94. The number of halogens is 2. The van der Waals surface area contributed by atoms with Crippen LogP contribution in [-0.2, 0) is 0 Å². The standard InChI is InChI=1S/C16H23Cl2N/c1-6-14(17)13(15(18)7-2)9-12-19-11-8-10-16(3,4)5/h6-7,19H,1,9,11-12H2,2-5H3/b14-13+,15-7+. The summed E-state index contributed by atoms with van der Waals surface area (Å²) in [7, 11) is 0. The van der Waals surface area contributed by atoms with Crippen LogP contribution in [-0.4, -0.2) is 13.1 Å². The fourth-order valence-electron chi connectivity index (χ4n) is 1.32. The first-order chi connectivity index (χ1) is 8.81. The van der Waals surface area contributed by atoms with Crippen molar-refractivity contribution in [2.45, 2.75) is 34.1 Å². The topological polar surface area (TPSA) is 12.0 Å². The molecule has 19 heavy (non-hydrogen) atoms. The molecule has 0 aromatic rings. The molecule has 3 heteroatoms. The Morgan fingerprint density at radius 2 is 1.95 bits per heavy atom. The summed E-state index contributed by atoms with van der Waals surface area (Å²) in [6.45, 7) is 13.3. The van der Waals surface area contributed by atoms with Crippen LogP contribution in [0.15, 0.2) is 34.4 Å². The van der Waals surface area contributed by atoms with Gasteiger partial charge in [-0.15, -0.1) is 0 Å². The highest BCUT2D eigenvalue weighted by atomic mass is 35.5. The Hall–Kier alpha value is -0.680. The summed E-state index contributed by atoms with van der Waals surface area (Å²) in [5.74, 6) is 6.28. The molecule has 0 aromatic carbocycles. The van der Waals surface area contributed by atoms with Crippen molar-refractivity contribution in [1.29, 1.82) is 0 Å². The van der Waals surface area contributed by atoms with Crippen LogP contribution in [0.25, 0.3) is 0 Å². The second kappa shape index (κ2) is 9.26. The van der Waals surface area contributed by atoms with Gasteiger partial charge in [-0.3, -0.25) is 0 Å². The summed E-state index contributed by atoms with van der Waals surface area (Å²) in [4.78, 5) is 0. The zero-order chi connectivity index (χ0) is 14.9. The average molecular weight is 300 g/mol. The predicted octanol–water partition coefficient (Wildman–Crippen LogP) is 4.84. The van der Waals surface area contributed by atoms with Crippen LogP contribution in [0.3, 0.4) is 0 Å². The van der Waals surface area contributed by atoms with E-state index in [1.54, 1.807) is 6.08 Å². The summed E-state index contributed by atoms with van der Waals surface area (Å²) in [5, 5.41) is 4.54. The highest BCUT2D eigenvalue weighted by Gasteiger charge is 2.06. The van der Waals surface area contributed by atoms with E-state index in [1.165, 1.54) is 0 Å². The van der Waals surface area contributed by atoms with Gasteiger partial charge in [-0.1, -0.05) is 53.8 Å². The molecule has 0 saturated carbocycles. The number of nitrogens with one attached hydrogen (secondary N) is 1. The van der Waals surface area contributed by atoms with Gasteiger partial charge in [0.15, 0.2) is 0 Å². The number of rotatable bonds is 6. The Kier molecular flexibility index (Phi) is 8.93. The lowest BCUT2D eigenvalue weighted by atomic mass is 9.98. The van der Waals surface area contributed by atoms with E-state index in [4.69, 9.17) is 23.2 Å². The maximum atomic E-state index is 6.12. The average Bonchev–Trinajstić information content (AvgIpc) is 2.35. The molecule has 0 aliphatic carbocycles. The van der Waals surface area contributed by atoms with E-state index in [0.29, 0.717) is 16.6 Å². The van der Waals surface area contributed by atoms with Crippen molar-refractivity contribution in [2.75, 3.05) is 13.1 Å². The maximum absolute atomic E-state index is 6.12. The first kappa shape index (κ1) is 18.3. The molecule has 0 fully saturated rings. The highest BCUT2D eigenvalue weighted by Crippen LogP contribution is 2.24. The molecule has 0 spiro atoms. The Morgan fingerprint density at radius 1 is 1.32 bits per heavy atom. The molecular weight excluding hydrogens is 277 g/mol. The molecule has 0 unspecified atom stereocenters. The maximum Gasteiger partial charge on any atom is 0.0576 e. The van der Waals surface area contributed by atoms with Crippen molar-refractivity contribution in [3.8, 4) is 11.8 Å². The van der Waals surface area contributed by atoms with Gasteiger partial charge in [-0.25, -0.2) is 0 Å². The quantitative estimate of drug-likeness (QED) is 0.420. The van der Waals surface area contributed by atoms with Crippen LogP contribution in [0.2, 0.25) is 0 Å². The Morgan fingerprint density at radius 3 is 2.42 bits per heavy atom. The van der Waals surface area contributed by atoms with E-state index < -0.39 is 0 Å². The van der Waals surface area contributed by atoms with Gasteiger partial charge >= 0.3 is 0 Å². The number of hydrogen-bond donors (Lipinski definition) is 1. The molecule has 0 saturated heterocycles. The van der Waals surface area contributed by atoms with Crippen LogP contribution in [0.1, 0.15) is 34.1 Å². The van der Waals surface area contributed by atoms with Gasteiger partial charge in [-0.05, 0) is 39.7 Å². The molecule has 0 aliphatic rings. The van der Waals surface area contributed by atoms with Gasteiger partial charge in [-0.2, -0.15) is 0 Å². The van der Waals surface area contributed by atoms with Crippen LogP contribution >= 0.6 is 23.2 Å². The van der Waals surface area contributed by atoms with Crippen molar-refractivity contribution < 1.29 is 0 Å². The molecule has 0 bridgehead atoms.